The lowest BCUT2D eigenvalue weighted by molar-refractivity contribution is -0.142. The van der Waals surface area contributed by atoms with Gasteiger partial charge in [0.15, 0.2) is 6.10 Å². The molecule has 1 heterocycles. The van der Waals surface area contributed by atoms with Crippen molar-refractivity contribution in [2.24, 2.45) is 0 Å². The van der Waals surface area contributed by atoms with Gasteiger partial charge in [-0.1, -0.05) is 25.1 Å². The van der Waals surface area contributed by atoms with Crippen molar-refractivity contribution in [1.82, 2.24) is 4.90 Å². The van der Waals surface area contributed by atoms with Crippen molar-refractivity contribution in [3.63, 3.8) is 0 Å². The monoisotopic (exact) mass is 418 g/mol. The van der Waals surface area contributed by atoms with Crippen molar-refractivity contribution in [3.8, 4) is 5.75 Å². The van der Waals surface area contributed by atoms with E-state index in [9.17, 15) is 13.2 Å². The molecule has 2 aromatic rings. The van der Waals surface area contributed by atoms with Crippen LogP contribution in [0, 0.1) is 0 Å². The molecule has 0 saturated carbocycles. The van der Waals surface area contributed by atoms with Crippen molar-refractivity contribution < 1.29 is 22.7 Å². The highest BCUT2D eigenvalue weighted by Gasteiger charge is 2.24. The molecule has 0 aliphatic carbocycles. The standard InChI is InChI=1S/C21H26N2O5S/c1-3-17-6-4-5-7-20(17)22-29(25,26)19-10-8-18(9-11-19)28-16(2)21(24)23-12-14-27-15-13-23/h4-11,16,22H,3,12-15H2,1-2H3/t16-/m1/s1. The number of amides is 1. The van der Waals surface area contributed by atoms with Gasteiger partial charge >= 0.3 is 0 Å². The van der Waals surface area contributed by atoms with Gasteiger partial charge in [-0.3, -0.25) is 9.52 Å². The van der Waals surface area contributed by atoms with E-state index in [2.05, 4.69) is 4.72 Å². The molecule has 1 saturated heterocycles. The number of ether oxygens (including phenoxy) is 2. The molecule has 0 radical (unpaired) electrons. The van der Waals surface area contributed by atoms with E-state index >= 15 is 0 Å². The van der Waals surface area contributed by atoms with E-state index in [0.717, 1.165) is 12.0 Å². The zero-order chi connectivity index (χ0) is 20.9. The molecule has 8 heteroatoms. The second-order valence-corrected chi connectivity index (χ2v) is 8.47. The van der Waals surface area contributed by atoms with E-state index in [4.69, 9.17) is 9.47 Å². The quantitative estimate of drug-likeness (QED) is 0.747. The highest BCUT2D eigenvalue weighted by Crippen LogP contribution is 2.23. The Morgan fingerprint density at radius 2 is 1.79 bits per heavy atom. The number of morpholine rings is 1. The third-order valence-electron chi connectivity index (χ3n) is 4.76. The number of nitrogens with one attached hydrogen (secondary N) is 1. The first kappa shape index (κ1) is 21.1. The van der Waals surface area contributed by atoms with Crippen molar-refractivity contribution in [3.05, 3.63) is 54.1 Å². The van der Waals surface area contributed by atoms with Gasteiger partial charge in [-0.15, -0.1) is 0 Å². The molecule has 1 atom stereocenters. The summed E-state index contributed by atoms with van der Waals surface area (Å²) >= 11 is 0. The second-order valence-electron chi connectivity index (χ2n) is 6.79. The van der Waals surface area contributed by atoms with Crippen LogP contribution in [0.25, 0.3) is 0 Å². The first-order chi connectivity index (χ1) is 13.9. The average Bonchev–Trinajstić information content (AvgIpc) is 2.74. The number of benzene rings is 2. The van der Waals surface area contributed by atoms with Gasteiger partial charge in [-0.25, -0.2) is 8.42 Å². The van der Waals surface area contributed by atoms with Crippen molar-refractivity contribution in [1.29, 1.82) is 0 Å². The summed E-state index contributed by atoms with van der Waals surface area (Å²) in [7, 11) is -3.72. The lowest BCUT2D eigenvalue weighted by Crippen LogP contribution is -2.46. The molecule has 3 rings (SSSR count). The van der Waals surface area contributed by atoms with Crippen molar-refractivity contribution in [2.75, 3.05) is 31.0 Å². The van der Waals surface area contributed by atoms with Crippen LogP contribution in [0.15, 0.2) is 53.4 Å². The number of hydrogen-bond donors (Lipinski definition) is 1. The lowest BCUT2D eigenvalue weighted by atomic mass is 10.1. The summed E-state index contributed by atoms with van der Waals surface area (Å²) in [6.45, 7) is 5.81. The summed E-state index contributed by atoms with van der Waals surface area (Å²) in [4.78, 5) is 14.3. The number of sulfonamides is 1. The first-order valence-corrected chi connectivity index (χ1v) is 11.1. The van der Waals surface area contributed by atoms with Gasteiger partial charge < -0.3 is 14.4 Å². The molecule has 29 heavy (non-hydrogen) atoms. The summed E-state index contributed by atoms with van der Waals surface area (Å²) in [5.41, 5.74) is 1.49. The number of aryl methyl sites for hydroxylation is 1. The van der Waals surface area contributed by atoms with Gasteiger partial charge in [0.2, 0.25) is 0 Å². The number of rotatable bonds is 7. The minimum Gasteiger partial charge on any atom is -0.481 e. The molecule has 0 spiro atoms. The molecule has 1 fully saturated rings. The van der Waals surface area contributed by atoms with Crippen LogP contribution in [0.4, 0.5) is 5.69 Å². The Morgan fingerprint density at radius 3 is 2.45 bits per heavy atom. The Balaban J connectivity index is 1.66. The SMILES string of the molecule is CCc1ccccc1NS(=O)(=O)c1ccc(O[C@H](C)C(=O)N2CCOCC2)cc1. The largest absolute Gasteiger partial charge is 0.481 e. The highest BCUT2D eigenvalue weighted by atomic mass is 32.2. The smallest absolute Gasteiger partial charge is 0.263 e. The Bertz CT molecular complexity index is 938. The molecule has 1 aliphatic rings. The number of carbonyl (C=O) groups is 1. The minimum absolute atomic E-state index is 0.108. The van der Waals surface area contributed by atoms with Crippen LogP contribution in [-0.4, -0.2) is 51.6 Å². The fraction of sp³-hybridized carbons (Fsp3) is 0.381. The third-order valence-corrected chi connectivity index (χ3v) is 6.14. The zero-order valence-corrected chi connectivity index (χ0v) is 17.4. The van der Waals surface area contributed by atoms with Gasteiger partial charge in [0.05, 0.1) is 23.8 Å². The molecular weight excluding hydrogens is 392 g/mol. The Morgan fingerprint density at radius 1 is 1.14 bits per heavy atom. The number of para-hydroxylation sites is 1. The molecule has 0 aromatic heterocycles. The van der Waals surface area contributed by atoms with E-state index in [1.54, 1.807) is 36.1 Å². The van der Waals surface area contributed by atoms with Gasteiger partial charge in [-0.05, 0) is 49.2 Å². The Kier molecular flexibility index (Phi) is 6.76. The molecule has 1 amide bonds. The van der Waals surface area contributed by atoms with Gasteiger partial charge in [0, 0.05) is 13.1 Å². The second kappa shape index (κ2) is 9.28. The summed E-state index contributed by atoms with van der Waals surface area (Å²) in [5.74, 6) is 0.329. The van der Waals surface area contributed by atoms with Crippen LogP contribution in [0.3, 0.4) is 0 Å². The maximum absolute atomic E-state index is 12.7. The predicted molar refractivity (Wildman–Crippen MR) is 111 cm³/mol. The molecule has 7 nitrogen and oxygen atoms in total. The van der Waals surface area contributed by atoms with Crippen LogP contribution >= 0.6 is 0 Å². The zero-order valence-electron chi connectivity index (χ0n) is 16.6. The topological polar surface area (TPSA) is 84.9 Å². The van der Waals surface area contributed by atoms with Crippen molar-refractivity contribution in [2.45, 2.75) is 31.3 Å². The minimum atomic E-state index is -3.72. The molecule has 0 unspecified atom stereocenters. The Hall–Kier alpha value is -2.58. The maximum Gasteiger partial charge on any atom is 0.263 e. The highest BCUT2D eigenvalue weighted by molar-refractivity contribution is 7.92. The summed E-state index contributed by atoms with van der Waals surface area (Å²) < 4.78 is 39.0. The lowest BCUT2D eigenvalue weighted by Gasteiger charge is -2.29. The van der Waals surface area contributed by atoms with Crippen LogP contribution < -0.4 is 9.46 Å². The van der Waals surface area contributed by atoms with E-state index in [1.165, 1.54) is 12.1 Å². The molecule has 1 aliphatic heterocycles. The maximum atomic E-state index is 12.7. The third kappa shape index (κ3) is 5.27. The van der Waals surface area contributed by atoms with Gasteiger partial charge in [0.1, 0.15) is 5.75 Å². The predicted octanol–water partition coefficient (Wildman–Crippen LogP) is 2.68. The fourth-order valence-electron chi connectivity index (χ4n) is 3.12. The molecule has 156 valence electrons. The van der Waals surface area contributed by atoms with Gasteiger partial charge in [-0.2, -0.15) is 0 Å². The number of anilines is 1. The summed E-state index contributed by atoms with van der Waals surface area (Å²) in [6.07, 6.45) is 0.0608. The molecule has 0 bridgehead atoms. The van der Waals surface area contributed by atoms with E-state index in [0.29, 0.717) is 37.7 Å². The van der Waals surface area contributed by atoms with Crippen LogP contribution in [0.1, 0.15) is 19.4 Å². The van der Waals surface area contributed by atoms with Crippen molar-refractivity contribution >= 4 is 21.6 Å². The Labute approximate surface area is 171 Å². The number of carbonyl (C=O) groups excluding carboxylic acids is 1. The van der Waals surface area contributed by atoms with Crippen LogP contribution in [0.2, 0.25) is 0 Å². The van der Waals surface area contributed by atoms with E-state index < -0.39 is 16.1 Å². The van der Waals surface area contributed by atoms with E-state index in [1.807, 2.05) is 19.1 Å². The number of hydrogen-bond acceptors (Lipinski definition) is 5. The molecule has 1 N–H and O–H groups in total. The summed E-state index contributed by atoms with van der Waals surface area (Å²) in [6, 6.07) is 13.4. The van der Waals surface area contributed by atoms with Crippen LogP contribution in [-0.2, 0) is 26.0 Å². The number of nitrogens with zero attached hydrogens (tertiary/aromatic N) is 1. The van der Waals surface area contributed by atoms with Gasteiger partial charge in [0.25, 0.3) is 15.9 Å². The summed E-state index contributed by atoms with van der Waals surface area (Å²) in [5, 5.41) is 0. The first-order valence-electron chi connectivity index (χ1n) is 9.64. The molecular formula is C21H26N2O5S. The van der Waals surface area contributed by atoms with E-state index in [-0.39, 0.29) is 10.8 Å². The fourth-order valence-corrected chi connectivity index (χ4v) is 4.23. The average molecular weight is 419 g/mol. The molecule has 2 aromatic carbocycles. The van der Waals surface area contributed by atoms with Crippen LogP contribution in [0.5, 0.6) is 5.75 Å². The normalized spacial score (nSPS) is 15.6.